The molecule has 1 N–H and O–H groups in total. The van der Waals surface area contributed by atoms with Gasteiger partial charge in [-0.05, 0) is 57.0 Å². The van der Waals surface area contributed by atoms with Gasteiger partial charge in [-0.2, -0.15) is 0 Å². The summed E-state index contributed by atoms with van der Waals surface area (Å²) in [6.07, 6.45) is -0.315. The molecule has 4 rings (SSSR count). The zero-order valence-corrected chi connectivity index (χ0v) is 18.9. The van der Waals surface area contributed by atoms with E-state index < -0.39 is 5.60 Å². The van der Waals surface area contributed by atoms with Crippen LogP contribution in [-0.2, 0) is 11.3 Å². The van der Waals surface area contributed by atoms with Crippen molar-refractivity contribution in [3.05, 3.63) is 53.3 Å². The number of hydrogen-bond donors (Lipinski definition) is 1. The Morgan fingerprint density at radius 2 is 1.88 bits per heavy atom. The smallest absolute Gasteiger partial charge is 0.410 e. The first-order chi connectivity index (χ1) is 15.1. The minimum Gasteiger partial charge on any atom is -0.506 e. The van der Waals surface area contributed by atoms with Crippen LogP contribution in [-0.4, -0.2) is 57.4 Å². The van der Waals surface area contributed by atoms with Gasteiger partial charge in [-0.25, -0.2) is 14.2 Å². The highest BCUT2D eigenvalue weighted by Gasteiger charge is 2.28. The fourth-order valence-electron chi connectivity index (χ4n) is 3.92. The summed E-state index contributed by atoms with van der Waals surface area (Å²) in [5, 5.41) is 10.4. The first-order valence-corrected chi connectivity index (χ1v) is 10.8. The molecule has 32 heavy (non-hydrogen) atoms. The number of fused-ring (bicyclic) bond motifs is 1. The Hall–Kier alpha value is -3.29. The Bertz CT molecular complexity index is 1140. The molecule has 170 valence electrons. The average molecular weight is 441 g/mol. The largest absolute Gasteiger partial charge is 0.506 e. The average Bonchev–Trinajstić information content (AvgIpc) is 3.09. The van der Waals surface area contributed by atoms with Crippen LogP contribution in [0.25, 0.3) is 11.0 Å². The predicted molar refractivity (Wildman–Crippen MR) is 122 cm³/mol. The molecule has 0 aliphatic carbocycles. The molecule has 0 spiro atoms. The van der Waals surface area contributed by atoms with Crippen LogP contribution in [0, 0.1) is 12.7 Å². The molecule has 2 aromatic carbocycles. The summed E-state index contributed by atoms with van der Waals surface area (Å²) >= 11 is 0. The fraction of sp³-hybridized carbons (Fsp3) is 0.417. The lowest BCUT2D eigenvalue weighted by molar-refractivity contribution is 0.0240. The number of aromatic hydroxyl groups is 1. The number of halogens is 1. The van der Waals surface area contributed by atoms with E-state index in [-0.39, 0.29) is 17.7 Å². The number of phenolic OH excluding ortho intramolecular Hbond substituents is 1. The highest BCUT2D eigenvalue weighted by molar-refractivity contribution is 5.84. The second kappa shape index (κ2) is 8.33. The summed E-state index contributed by atoms with van der Waals surface area (Å²) in [5.41, 5.74) is 2.32. The normalized spacial score (nSPS) is 14.8. The van der Waals surface area contributed by atoms with Gasteiger partial charge in [-0.15, -0.1) is 0 Å². The van der Waals surface area contributed by atoms with Gasteiger partial charge in [0.15, 0.2) is 0 Å². The Morgan fingerprint density at radius 1 is 1.16 bits per heavy atom. The van der Waals surface area contributed by atoms with Crippen LogP contribution in [0.4, 0.5) is 15.1 Å². The molecule has 0 radical (unpaired) electrons. The number of amides is 1. The number of rotatable bonds is 3. The number of aryl methyl sites for hydroxylation is 1. The molecule has 2 heterocycles. The number of imidazole rings is 1. The SMILES string of the molecule is Cc1cc(Cn2c(N3CCN(C(=O)OC(C)(C)C)CC3)nc3c(O)cccc32)ccc1F. The van der Waals surface area contributed by atoms with Crippen LogP contribution in [0.3, 0.4) is 0 Å². The third-order valence-corrected chi connectivity index (χ3v) is 5.51. The topological polar surface area (TPSA) is 70.8 Å². The Balaban J connectivity index is 1.61. The zero-order valence-electron chi connectivity index (χ0n) is 18.9. The number of benzene rings is 2. The monoisotopic (exact) mass is 440 g/mol. The molecule has 1 saturated heterocycles. The predicted octanol–water partition coefficient (Wildman–Crippen LogP) is 4.29. The van der Waals surface area contributed by atoms with Crippen molar-refractivity contribution < 1.29 is 19.0 Å². The number of hydrogen-bond acceptors (Lipinski definition) is 5. The number of carbonyl (C=O) groups is 1. The van der Waals surface area contributed by atoms with Crippen LogP contribution in [0.15, 0.2) is 36.4 Å². The Morgan fingerprint density at radius 3 is 2.53 bits per heavy atom. The van der Waals surface area contributed by atoms with Crippen molar-refractivity contribution in [2.45, 2.75) is 39.8 Å². The minimum atomic E-state index is -0.535. The number of carbonyl (C=O) groups excluding carboxylic acids is 1. The first kappa shape index (κ1) is 21.9. The van der Waals surface area contributed by atoms with Gasteiger partial charge in [-0.3, -0.25) is 0 Å². The van der Waals surface area contributed by atoms with Crippen molar-refractivity contribution in [2.24, 2.45) is 0 Å². The molecule has 1 fully saturated rings. The fourth-order valence-corrected chi connectivity index (χ4v) is 3.92. The molecule has 8 heteroatoms. The third kappa shape index (κ3) is 4.49. The molecule has 7 nitrogen and oxygen atoms in total. The Labute approximate surface area is 187 Å². The highest BCUT2D eigenvalue weighted by atomic mass is 19.1. The summed E-state index contributed by atoms with van der Waals surface area (Å²) < 4.78 is 21.3. The first-order valence-electron chi connectivity index (χ1n) is 10.8. The number of para-hydroxylation sites is 1. The molecule has 0 atom stereocenters. The molecular weight excluding hydrogens is 411 g/mol. The van der Waals surface area contributed by atoms with Crippen molar-refractivity contribution >= 4 is 23.1 Å². The van der Waals surface area contributed by atoms with Crippen molar-refractivity contribution in [1.82, 2.24) is 14.5 Å². The van der Waals surface area contributed by atoms with E-state index in [9.17, 15) is 14.3 Å². The molecular formula is C24H29FN4O3. The highest BCUT2D eigenvalue weighted by Crippen LogP contribution is 2.30. The van der Waals surface area contributed by atoms with Crippen LogP contribution < -0.4 is 4.90 Å². The van der Waals surface area contributed by atoms with Gasteiger partial charge in [0.05, 0.1) is 12.1 Å². The molecule has 0 bridgehead atoms. The lowest BCUT2D eigenvalue weighted by atomic mass is 10.1. The summed E-state index contributed by atoms with van der Waals surface area (Å²) in [4.78, 5) is 21.0. The van der Waals surface area contributed by atoms with E-state index in [4.69, 9.17) is 9.72 Å². The number of ether oxygens (including phenoxy) is 1. The van der Waals surface area contributed by atoms with Gasteiger partial charge in [0.25, 0.3) is 0 Å². The number of piperazine rings is 1. The second-order valence-electron chi connectivity index (χ2n) is 9.18. The van der Waals surface area contributed by atoms with Crippen molar-refractivity contribution in [2.75, 3.05) is 31.1 Å². The van der Waals surface area contributed by atoms with Gasteiger partial charge < -0.3 is 24.2 Å². The van der Waals surface area contributed by atoms with Gasteiger partial charge in [-0.1, -0.05) is 18.2 Å². The van der Waals surface area contributed by atoms with Crippen LogP contribution in [0.5, 0.6) is 5.75 Å². The van der Waals surface area contributed by atoms with Crippen molar-refractivity contribution in [3.63, 3.8) is 0 Å². The van der Waals surface area contributed by atoms with Crippen LogP contribution in [0.2, 0.25) is 0 Å². The Kier molecular flexibility index (Phi) is 5.71. The van der Waals surface area contributed by atoms with Crippen LogP contribution in [0.1, 0.15) is 31.9 Å². The second-order valence-corrected chi connectivity index (χ2v) is 9.18. The van der Waals surface area contributed by atoms with E-state index in [2.05, 4.69) is 4.90 Å². The summed E-state index contributed by atoms with van der Waals surface area (Å²) in [7, 11) is 0. The standard InChI is InChI=1S/C24H29FN4O3/c1-16-14-17(8-9-18(16)25)15-29-19-6-5-7-20(30)21(19)26-22(29)27-10-12-28(13-11-27)23(31)32-24(2,3)4/h5-9,14,30H,10-13,15H2,1-4H3. The molecule has 0 unspecified atom stereocenters. The number of phenols is 1. The van der Waals surface area contributed by atoms with E-state index in [1.807, 2.05) is 37.5 Å². The maximum atomic E-state index is 13.8. The maximum Gasteiger partial charge on any atom is 0.410 e. The number of nitrogens with zero attached hydrogens (tertiary/aromatic N) is 4. The molecule has 0 saturated carbocycles. The molecule has 1 aliphatic rings. The van der Waals surface area contributed by atoms with E-state index in [0.29, 0.717) is 49.8 Å². The molecule has 1 aromatic heterocycles. The maximum absolute atomic E-state index is 13.8. The quantitative estimate of drug-likeness (QED) is 0.658. The molecule has 3 aromatic rings. The number of aromatic nitrogens is 2. The number of anilines is 1. The molecule has 1 amide bonds. The summed E-state index contributed by atoms with van der Waals surface area (Å²) in [6.45, 7) is 10.0. The van der Waals surface area contributed by atoms with Crippen LogP contribution >= 0.6 is 0 Å². The van der Waals surface area contributed by atoms with Crippen molar-refractivity contribution in [1.29, 1.82) is 0 Å². The third-order valence-electron chi connectivity index (χ3n) is 5.51. The van der Waals surface area contributed by atoms with E-state index in [1.165, 1.54) is 6.07 Å². The van der Waals surface area contributed by atoms with Gasteiger partial charge in [0.1, 0.15) is 22.7 Å². The lowest BCUT2D eigenvalue weighted by Gasteiger charge is -2.36. The van der Waals surface area contributed by atoms with Gasteiger partial charge in [0, 0.05) is 26.2 Å². The minimum absolute atomic E-state index is 0.116. The summed E-state index contributed by atoms with van der Waals surface area (Å²) in [5.74, 6) is 0.595. The van der Waals surface area contributed by atoms with Crippen molar-refractivity contribution in [3.8, 4) is 5.75 Å². The van der Waals surface area contributed by atoms with E-state index in [0.717, 1.165) is 11.1 Å². The van der Waals surface area contributed by atoms with E-state index >= 15 is 0 Å². The lowest BCUT2D eigenvalue weighted by Crippen LogP contribution is -2.50. The summed E-state index contributed by atoms with van der Waals surface area (Å²) in [6, 6.07) is 10.4. The molecule has 1 aliphatic heterocycles. The van der Waals surface area contributed by atoms with Gasteiger partial charge >= 0.3 is 6.09 Å². The van der Waals surface area contributed by atoms with E-state index in [1.54, 1.807) is 30.0 Å². The zero-order chi connectivity index (χ0) is 23.0. The van der Waals surface area contributed by atoms with Gasteiger partial charge in [0.2, 0.25) is 5.95 Å².